The van der Waals surface area contributed by atoms with E-state index in [1.54, 1.807) is 4.90 Å². The van der Waals surface area contributed by atoms with Crippen molar-refractivity contribution in [3.05, 3.63) is 84.4 Å². The van der Waals surface area contributed by atoms with Crippen LogP contribution in [0.15, 0.2) is 78.9 Å². The van der Waals surface area contributed by atoms with Gasteiger partial charge in [-0.05, 0) is 42.5 Å². The molecule has 3 aromatic carbocycles. The number of H-pyrrole nitrogens is 1. The molecule has 0 aliphatic carbocycles. The summed E-state index contributed by atoms with van der Waals surface area (Å²) in [5.41, 5.74) is 9.45. The molecule has 0 radical (unpaired) electrons. The maximum atomic E-state index is 13.2. The van der Waals surface area contributed by atoms with E-state index in [0.717, 1.165) is 22.4 Å². The van der Waals surface area contributed by atoms with Crippen LogP contribution in [0.3, 0.4) is 0 Å². The van der Waals surface area contributed by atoms with E-state index >= 15 is 0 Å². The van der Waals surface area contributed by atoms with Gasteiger partial charge in [0.15, 0.2) is 5.95 Å². The van der Waals surface area contributed by atoms with Crippen LogP contribution < -0.4 is 10.6 Å². The Bertz CT molecular complexity index is 1030. The van der Waals surface area contributed by atoms with Crippen molar-refractivity contribution in [2.45, 2.75) is 0 Å². The van der Waals surface area contributed by atoms with E-state index in [-0.39, 0.29) is 5.91 Å². The van der Waals surface area contributed by atoms with Gasteiger partial charge in [0.1, 0.15) is 0 Å². The lowest BCUT2D eigenvalue weighted by atomic mass is 10.1. The van der Waals surface area contributed by atoms with Crippen molar-refractivity contribution in [3.63, 3.8) is 0 Å². The third-order valence-electron chi connectivity index (χ3n) is 3.98. The third-order valence-corrected chi connectivity index (χ3v) is 3.98. The molecule has 5 heteroatoms. The molecular formula is C20H16N4O. The van der Waals surface area contributed by atoms with Crippen LogP contribution in [-0.4, -0.2) is 15.9 Å². The SMILES string of the molecule is Nc1nc2ccc(N(C(=O)c3ccccc3)c3ccccc3)cc2[nH]1. The second-order valence-corrected chi connectivity index (χ2v) is 5.67. The Balaban J connectivity index is 1.85. The van der Waals surface area contributed by atoms with E-state index in [9.17, 15) is 4.79 Å². The van der Waals surface area contributed by atoms with E-state index in [2.05, 4.69) is 9.97 Å². The smallest absolute Gasteiger partial charge is 0.262 e. The average Bonchev–Trinajstić information content (AvgIpc) is 3.03. The van der Waals surface area contributed by atoms with Crippen LogP contribution >= 0.6 is 0 Å². The molecule has 3 N–H and O–H groups in total. The van der Waals surface area contributed by atoms with Crippen molar-refractivity contribution in [2.24, 2.45) is 0 Å². The highest BCUT2D eigenvalue weighted by Gasteiger charge is 2.20. The largest absolute Gasteiger partial charge is 0.369 e. The molecule has 0 bridgehead atoms. The van der Waals surface area contributed by atoms with Gasteiger partial charge in [-0.3, -0.25) is 9.69 Å². The van der Waals surface area contributed by atoms with Gasteiger partial charge >= 0.3 is 0 Å². The number of imidazole rings is 1. The number of benzene rings is 3. The van der Waals surface area contributed by atoms with Crippen LogP contribution in [0.2, 0.25) is 0 Å². The topological polar surface area (TPSA) is 75.0 Å². The van der Waals surface area contributed by atoms with E-state index in [4.69, 9.17) is 5.73 Å². The van der Waals surface area contributed by atoms with Gasteiger partial charge in [-0.2, -0.15) is 0 Å². The normalized spacial score (nSPS) is 10.7. The lowest BCUT2D eigenvalue weighted by Crippen LogP contribution is -2.25. The summed E-state index contributed by atoms with van der Waals surface area (Å²) in [5, 5.41) is 0. The summed E-state index contributed by atoms with van der Waals surface area (Å²) in [5.74, 6) is 0.256. The second kappa shape index (κ2) is 6.13. The van der Waals surface area contributed by atoms with Crippen LogP contribution in [0.1, 0.15) is 10.4 Å². The van der Waals surface area contributed by atoms with E-state index < -0.39 is 0 Å². The Morgan fingerprint density at radius 1 is 0.880 bits per heavy atom. The molecular weight excluding hydrogens is 312 g/mol. The van der Waals surface area contributed by atoms with Crippen molar-refractivity contribution < 1.29 is 4.79 Å². The Hall–Kier alpha value is -3.60. The van der Waals surface area contributed by atoms with Crippen molar-refractivity contribution in [1.29, 1.82) is 0 Å². The number of carbonyl (C=O) groups is 1. The number of fused-ring (bicyclic) bond motifs is 1. The van der Waals surface area contributed by atoms with Crippen molar-refractivity contribution in [3.8, 4) is 0 Å². The molecule has 1 aromatic heterocycles. The zero-order chi connectivity index (χ0) is 17.2. The summed E-state index contributed by atoms with van der Waals surface area (Å²) < 4.78 is 0. The first-order chi connectivity index (χ1) is 12.2. The number of nitrogen functional groups attached to an aromatic ring is 1. The van der Waals surface area contributed by atoms with E-state index in [0.29, 0.717) is 11.5 Å². The molecule has 0 spiro atoms. The lowest BCUT2D eigenvalue weighted by Gasteiger charge is -2.23. The summed E-state index contributed by atoms with van der Waals surface area (Å²) in [6.07, 6.45) is 0. The average molecular weight is 328 g/mol. The first kappa shape index (κ1) is 15.0. The van der Waals surface area contributed by atoms with Crippen molar-refractivity contribution in [2.75, 3.05) is 10.6 Å². The minimum atomic E-state index is -0.0985. The van der Waals surface area contributed by atoms with Gasteiger partial charge in [0.05, 0.1) is 16.7 Å². The number of aromatic nitrogens is 2. The summed E-state index contributed by atoms with van der Waals surface area (Å²) in [7, 11) is 0. The van der Waals surface area contributed by atoms with Crippen molar-refractivity contribution >= 4 is 34.3 Å². The highest BCUT2D eigenvalue weighted by Crippen LogP contribution is 2.29. The number of nitrogens with zero attached hydrogens (tertiary/aromatic N) is 2. The fourth-order valence-electron chi connectivity index (χ4n) is 2.83. The van der Waals surface area contributed by atoms with Crippen LogP contribution in [0.25, 0.3) is 11.0 Å². The van der Waals surface area contributed by atoms with Gasteiger partial charge in [0.2, 0.25) is 0 Å². The molecule has 0 aliphatic heterocycles. The number of rotatable bonds is 3. The Kier molecular flexibility index (Phi) is 3.67. The lowest BCUT2D eigenvalue weighted by molar-refractivity contribution is 0.0999. The first-order valence-corrected chi connectivity index (χ1v) is 7.92. The molecule has 0 unspecified atom stereocenters. The minimum Gasteiger partial charge on any atom is -0.369 e. The van der Waals surface area contributed by atoms with Gasteiger partial charge < -0.3 is 10.7 Å². The second-order valence-electron chi connectivity index (χ2n) is 5.67. The fourth-order valence-corrected chi connectivity index (χ4v) is 2.83. The number of hydrogen-bond donors (Lipinski definition) is 2. The molecule has 5 nitrogen and oxygen atoms in total. The Morgan fingerprint density at radius 3 is 2.28 bits per heavy atom. The molecule has 0 fully saturated rings. The Morgan fingerprint density at radius 2 is 1.56 bits per heavy atom. The molecule has 0 aliphatic rings. The number of carbonyl (C=O) groups excluding carboxylic acids is 1. The number of anilines is 3. The van der Waals surface area contributed by atoms with Gasteiger partial charge in [0, 0.05) is 11.3 Å². The van der Waals surface area contributed by atoms with Gasteiger partial charge in [-0.1, -0.05) is 36.4 Å². The summed E-state index contributed by atoms with van der Waals surface area (Å²) in [6.45, 7) is 0. The van der Waals surface area contributed by atoms with Gasteiger partial charge in [-0.15, -0.1) is 0 Å². The maximum Gasteiger partial charge on any atom is 0.262 e. The summed E-state index contributed by atoms with van der Waals surface area (Å²) in [6, 6.07) is 24.4. The number of amides is 1. The number of aromatic amines is 1. The number of hydrogen-bond acceptors (Lipinski definition) is 3. The molecule has 0 saturated carbocycles. The molecule has 0 atom stereocenters. The highest BCUT2D eigenvalue weighted by atomic mass is 16.2. The fraction of sp³-hybridized carbons (Fsp3) is 0. The number of nitrogens with one attached hydrogen (secondary N) is 1. The number of nitrogens with two attached hydrogens (primary N) is 1. The number of para-hydroxylation sites is 1. The van der Waals surface area contributed by atoms with Crippen LogP contribution in [0.4, 0.5) is 17.3 Å². The monoisotopic (exact) mass is 328 g/mol. The van der Waals surface area contributed by atoms with Crippen LogP contribution in [0, 0.1) is 0 Å². The third kappa shape index (κ3) is 2.83. The van der Waals surface area contributed by atoms with Crippen LogP contribution in [-0.2, 0) is 0 Å². The summed E-state index contributed by atoms with van der Waals surface area (Å²) in [4.78, 5) is 22.1. The molecule has 0 saturated heterocycles. The predicted octanol–water partition coefficient (Wildman–Crippen LogP) is 4.12. The zero-order valence-electron chi connectivity index (χ0n) is 13.4. The predicted molar refractivity (Wildman–Crippen MR) is 99.9 cm³/mol. The minimum absolute atomic E-state index is 0.0985. The molecule has 25 heavy (non-hydrogen) atoms. The van der Waals surface area contributed by atoms with Crippen LogP contribution in [0.5, 0.6) is 0 Å². The van der Waals surface area contributed by atoms with Crippen molar-refractivity contribution in [1.82, 2.24) is 9.97 Å². The summed E-state index contributed by atoms with van der Waals surface area (Å²) >= 11 is 0. The molecule has 4 aromatic rings. The van der Waals surface area contributed by atoms with E-state index in [1.165, 1.54) is 0 Å². The molecule has 1 amide bonds. The first-order valence-electron chi connectivity index (χ1n) is 7.92. The van der Waals surface area contributed by atoms with E-state index in [1.807, 2.05) is 78.9 Å². The standard InChI is InChI=1S/C20H16N4O/c21-20-22-17-12-11-16(13-18(17)23-20)24(15-9-5-2-6-10-15)19(25)14-7-3-1-4-8-14/h1-13H,(H3,21,22,23). The Labute approximate surface area is 144 Å². The molecule has 122 valence electrons. The van der Waals surface area contributed by atoms with Gasteiger partial charge in [-0.25, -0.2) is 4.98 Å². The quantitative estimate of drug-likeness (QED) is 0.594. The van der Waals surface area contributed by atoms with Gasteiger partial charge in [0.25, 0.3) is 5.91 Å². The molecule has 1 heterocycles. The maximum absolute atomic E-state index is 13.2. The zero-order valence-corrected chi connectivity index (χ0v) is 13.4. The molecule has 4 rings (SSSR count). The highest BCUT2D eigenvalue weighted by molar-refractivity contribution is 6.11.